The van der Waals surface area contributed by atoms with Gasteiger partial charge in [-0.05, 0) is 78.0 Å². The molecule has 0 radical (unpaired) electrons. The summed E-state index contributed by atoms with van der Waals surface area (Å²) >= 11 is 3.44. The van der Waals surface area contributed by atoms with Crippen LogP contribution in [0.2, 0.25) is 0 Å². The van der Waals surface area contributed by atoms with Crippen LogP contribution in [0, 0.1) is 5.92 Å². The van der Waals surface area contributed by atoms with Crippen LogP contribution in [-0.2, 0) is 4.74 Å². The molecule has 2 aliphatic rings. The van der Waals surface area contributed by atoms with Crippen molar-refractivity contribution >= 4 is 39.1 Å². The van der Waals surface area contributed by atoms with Crippen LogP contribution in [0.1, 0.15) is 46.9 Å². The molecule has 4 rings (SSSR count). The number of benzene rings is 2. The molecule has 2 aromatic rings. The van der Waals surface area contributed by atoms with E-state index in [0.717, 1.165) is 75.4 Å². The summed E-state index contributed by atoms with van der Waals surface area (Å²) in [6.07, 6.45) is 3.11. The highest BCUT2D eigenvalue weighted by atomic mass is 79.9. The summed E-state index contributed by atoms with van der Waals surface area (Å²) in [5, 5.41) is 6.06. The number of rotatable bonds is 8. The van der Waals surface area contributed by atoms with E-state index in [2.05, 4.69) is 43.3 Å². The van der Waals surface area contributed by atoms with Crippen molar-refractivity contribution in [2.45, 2.75) is 26.2 Å². The van der Waals surface area contributed by atoms with Crippen LogP contribution in [-0.4, -0.2) is 69.2 Å². The quantitative estimate of drug-likeness (QED) is 0.484. The summed E-state index contributed by atoms with van der Waals surface area (Å²) in [6.45, 7) is 9.16. The van der Waals surface area contributed by atoms with Crippen LogP contribution in [0.3, 0.4) is 0 Å². The molecule has 2 amide bonds. The number of anilines is 2. The van der Waals surface area contributed by atoms with Crippen molar-refractivity contribution < 1.29 is 14.3 Å². The summed E-state index contributed by atoms with van der Waals surface area (Å²) in [7, 11) is 0. The van der Waals surface area contributed by atoms with E-state index >= 15 is 0 Å². The summed E-state index contributed by atoms with van der Waals surface area (Å²) in [4.78, 5) is 30.8. The minimum Gasteiger partial charge on any atom is -0.379 e. The zero-order chi connectivity index (χ0) is 24.6. The van der Waals surface area contributed by atoms with E-state index < -0.39 is 0 Å². The van der Waals surface area contributed by atoms with Crippen molar-refractivity contribution in [3.63, 3.8) is 0 Å². The molecule has 0 atom stereocenters. The van der Waals surface area contributed by atoms with Crippen molar-refractivity contribution in [1.82, 2.24) is 10.2 Å². The molecule has 0 aliphatic carbocycles. The number of nitrogens with zero attached hydrogens (tertiary/aromatic N) is 2. The normalized spacial score (nSPS) is 17.3. The Labute approximate surface area is 216 Å². The largest absolute Gasteiger partial charge is 0.379 e. The van der Waals surface area contributed by atoms with Gasteiger partial charge < -0.3 is 20.3 Å². The van der Waals surface area contributed by atoms with Crippen molar-refractivity contribution in [1.29, 1.82) is 0 Å². The van der Waals surface area contributed by atoms with Crippen molar-refractivity contribution in [2.24, 2.45) is 5.92 Å². The van der Waals surface area contributed by atoms with E-state index in [-0.39, 0.29) is 11.8 Å². The number of carbonyl (C=O) groups excluding carboxylic acids is 2. The zero-order valence-electron chi connectivity index (χ0n) is 20.4. The predicted molar refractivity (Wildman–Crippen MR) is 143 cm³/mol. The van der Waals surface area contributed by atoms with E-state index in [1.54, 1.807) is 12.1 Å². The van der Waals surface area contributed by atoms with Crippen molar-refractivity contribution in [3.05, 3.63) is 58.1 Å². The molecule has 2 fully saturated rings. The van der Waals surface area contributed by atoms with Crippen molar-refractivity contribution in [2.75, 3.05) is 62.7 Å². The molecule has 188 valence electrons. The van der Waals surface area contributed by atoms with Gasteiger partial charge >= 0.3 is 0 Å². The third kappa shape index (κ3) is 7.06. The van der Waals surface area contributed by atoms with Gasteiger partial charge in [0.05, 0.1) is 24.3 Å². The third-order valence-corrected chi connectivity index (χ3v) is 7.47. The van der Waals surface area contributed by atoms with E-state index in [0.29, 0.717) is 29.3 Å². The number of hydrogen-bond donors (Lipinski definition) is 2. The number of nitrogens with one attached hydrogen (secondary N) is 2. The first-order valence-electron chi connectivity index (χ1n) is 12.5. The third-order valence-electron chi connectivity index (χ3n) is 6.78. The van der Waals surface area contributed by atoms with Gasteiger partial charge in [0.1, 0.15) is 0 Å². The highest BCUT2D eigenvalue weighted by Crippen LogP contribution is 2.29. The van der Waals surface area contributed by atoms with Crippen LogP contribution in [0.15, 0.2) is 46.9 Å². The van der Waals surface area contributed by atoms with Crippen LogP contribution in [0.25, 0.3) is 0 Å². The molecule has 0 bridgehead atoms. The van der Waals surface area contributed by atoms with E-state index in [1.165, 1.54) is 0 Å². The lowest BCUT2D eigenvalue weighted by Gasteiger charge is -2.33. The Kier molecular flexibility index (Phi) is 9.18. The van der Waals surface area contributed by atoms with Gasteiger partial charge in [0.15, 0.2) is 0 Å². The second-order valence-corrected chi connectivity index (χ2v) is 10.3. The molecule has 2 aliphatic heterocycles. The lowest BCUT2D eigenvalue weighted by Crippen LogP contribution is -2.38. The van der Waals surface area contributed by atoms with E-state index in [9.17, 15) is 9.59 Å². The molecule has 8 heteroatoms. The molecule has 2 N–H and O–H groups in total. The lowest BCUT2D eigenvalue weighted by atomic mass is 9.97. The highest BCUT2D eigenvalue weighted by molar-refractivity contribution is 9.10. The Morgan fingerprint density at radius 1 is 1.00 bits per heavy atom. The summed E-state index contributed by atoms with van der Waals surface area (Å²) < 4.78 is 6.14. The maximum absolute atomic E-state index is 13.3. The van der Waals surface area contributed by atoms with Crippen LogP contribution in [0.4, 0.5) is 11.4 Å². The second-order valence-electron chi connectivity index (χ2n) is 9.40. The number of amides is 2. The first-order valence-corrected chi connectivity index (χ1v) is 13.3. The molecule has 2 saturated heterocycles. The Hall–Kier alpha value is -2.42. The topological polar surface area (TPSA) is 73.9 Å². The first kappa shape index (κ1) is 25.7. The highest BCUT2D eigenvalue weighted by Gasteiger charge is 2.22. The first-order chi connectivity index (χ1) is 17.0. The number of halogens is 1. The summed E-state index contributed by atoms with van der Waals surface area (Å²) in [5.41, 5.74) is 2.70. The average molecular weight is 544 g/mol. The predicted octanol–water partition coefficient (Wildman–Crippen LogP) is 4.39. The second kappa shape index (κ2) is 12.5. The number of ether oxygens (including phenoxy) is 1. The van der Waals surface area contributed by atoms with Gasteiger partial charge in [0, 0.05) is 48.6 Å². The Balaban J connectivity index is 1.46. The number of hydrogen-bond acceptors (Lipinski definition) is 5. The Bertz CT molecular complexity index is 1020. The monoisotopic (exact) mass is 542 g/mol. The van der Waals surface area contributed by atoms with Crippen LogP contribution < -0.4 is 15.5 Å². The fourth-order valence-corrected chi connectivity index (χ4v) is 5.05. The fourth-order valence-electron chi connectivity index (χ4n) is 4.59. The van der Waals surface area contributed by atoms with Crippen LogP contribution in [0.5, 0.6) is 0 Å². The standard InChI is InChI=1S/C27H35BrN4O3/c1-20-9-13-32(14-10-20)25-8-7-21(30-27(34)22-5-2-3-6-24(22)28)19-23(25)26(33)29-11-4-12-31-15-17-35-18-16-31/h2-3,5-8,19-20H,4,9-18H2,1H3,(H,29,33)(H,30,34). The molecule has 2 heterocycles. The fraction of sp³-hybridized carbons (Fsp3) is 0.481. The number of piperidine rings is 1. The van der Waals surface area contributed by atoms with Crippen LogP contribution >= 0.6 is 15.9 Å². The molecule has 0 spiro atoms. The zero-order valence-corrected chi connectivity index (χ0v) is 22.0. The number of carbonyl (C=O) groups is 2. The summed E-state index contributed by atoms with van der Waals surface area (Å²) in [5.74, 6) is 0.387. The Morgan fingerprint density at radius 2 is 1.74 bits per heavy atom. The molecular formula is C27H35BrN4O3. The van der Waals surface area contributed by atoms with Gasteiger partial charge in [-0.25, -0.2) is 0 Å². The minimum atomic E-state index is -0.214. The van der Waals surface area contributed by atoms with E-state index in [1.807, 2.05) is 30.3 Å². The molecule has 0 saturated carbocycles. The maximum atomic E-state index is 13.3. The van der Waals surface area contributed by atoms with Gasteiger partial charge in [-0.15, -0.1) is 0 Å². The molecule has 0 aromatic heterocycles. The molecule has 7 nitrogen and oxygen atoms in total. The van der Waals surface area contributed by atoms with Gasteiger partial charge in [-0.3, -0.25) is 14.5 Å². The average Bonchev–Trinajstić information content (AvgIpc) is 2.88. The minimum absolute atomic E-state index is 0.0995. The van der Waals surface area contributed by atoms with Crippen molar-refractivity contribution in [3.8, 4) is 0 Å². The maximum Gasteiger partial charge on any atom is 0.256 e. The molecule has 35 heavy (non-hydrogen) atoms. The van der Waals surface area contributed by atoms with Gasteiger partial charge in [-0.2, -0.15) is 0 Å². The SMILES string of the molecule is CC1CCN(c2ccc(NC(=O)c3ccccc3Br)cc2C(=O)NCCCN2CCOCC2)CC1. The number of morpholine rings is 1. The lowest BCUT2D eigenvalue weighted by molar-refractivity contribution is 0.0374. The molecular weight excluding hydrogens is 508 g/mol. The van der Waals surface area contributed by atoms with Gasteiger partial charge in [0.25, 0.3) is 11.8 Å². The van der Waals surface area contributed by atoms with Gasteiger partial charge in [0.2, 0.25) is 0 Å². The molecule has 0 unspecified atom stereocenters. The summed E-state index contributed by atoms with van der Waals surface area (Å²) in [6, 6.07) is 13.0. The van der Waals surface area contributed by atoms with E-state index in [4.69, 9.17) is 4.74 Å². The Morgan fingerprint density at radius 3 is 2.49 bits per heavy atom. The molecule has 2 aromatic carbocycles. The smallest absolute Gasteiger partial charge is 0.256 e. The van der Waals surface area contributed by atoms with Gasteiger partial charge in [-0.1, -0.05) is 19.1 Å².